The van der Waals surface area contributed by atoms with Crippen LogP contribution in [0.3, 0.4) is 0 Å². The van der Waals surface area contributed by atoms with Gasteiger partial charge in [-0.1, -0.05) is 74.0 Å². The molecule has 1 heterocycles. The monoisotopic (exact) mass is 325 g/mol. The molecule has 0 unspecified atom stereocenters. The van der Waals surface area contributed by atoms with Crippen molar-refractivity contribution in [1.82, 2.24) is 4.57 Å². The van der Waals surface area contributed by atoms with Crippen molar-refractivity contribution >= 4 is 23.6 Å². The number of nitrogens with zero attached hydrogens (tertiary/aromatic N) is 1. The van der Waals surface area contributed by atoms with Gasteiger partial charge in [0, 0.05) is 6.54 Å². The molecule has 0 bridgehead atoms. The maximum atomic E-state index is 5.66. The first-order valence-electron chi connectivity index (χ1n) is 7.65. The summed E-state index contributed by atoms with van der Waals surface area (Å²) >= 11 is 7.37. The summed E-state index contributed by atoms with van der Waals surface area (Å²) in [5, 5.41) is 0. The lowest BCUT2D eigenvalue weighted by Gasteiger charge is -2.11. The summed E-state index contributed by atoms with van der Waals surface area (Å²) in [7, 11) is 0. The van der Waals surface area contributed by atoms with E-state index < -0.39 is 0 Å². The third-order valence-corrected chi connectivity index (χ3v) is 5.21. The molecule has 1 nitrogen and oxygen atoms in total. The number of thiazole rings is 1. The van der Waals surface area contributed by atoms with Gasteiger partial charge in [-0.15, -0.1) is 11.3 Å². The molecule has 3 aromatic rings. The van der Waals surface area contributed by atoms with Crippen LogP contribution >= 0.6 is 23.6 Å². The molecule has 0 radical (unpaired) electrons. The van der Waals surface area contributed by atoms with E-state index in [0.29, 0.717) is 0 Å². The summed E-state index contributed by atoms with van der Waals surface area (Å²) in [5.41, 5.74) is 3.74. The Balaban J connectivity index is 2.20. The first kappa shape index (κ1) is 15.2. The van der Waals surface area contributed by atoms with Crippen LogP contribution in [0.15, 0.2) is 60.7 Å². The van der Waals surface area contributed by atoms with E-state index >= 15 is 0 Å². The second kappa shape index (κ2) is 7.03. The molecule has 0 fully saturated rings. The highest BCUT2D eigenvalue weighted by atomic mass is 32.1. The topological polar surface area (TPSA) is 4.93 Å². The molecule has 3 rings (SSSR count). The van der Waals surface area contributed by atoms with Crippen molar-refractivity contribution in [2.24, 2.45) is 0 Å². The van der Waals surface area contributed by atoms with Crippen molar-refractivity contribution in [1.29, 1.82) is 0 Å². The summed E-state index contributed by atoms with van der Waals surface area (Å²) < 4.78 is 3.27. The van der Waals surface area contributed by atoms with Gasteiger partial charge in [0.25, 0.3) is 0 Å². The molecule has 0 aliphatic rings. The minimum atomic E-state index is 0.964. The van der Waals surface area contributed by atoms with Crippen molar-refractivity contribution in [2.45, 2.75) is 26.3 Å². The number of rotatable bonds is 5. The number of benzene rings is 2. The molecular formula is C19H19NS2. The van der Waals surface area contributed by atoms with Gasteiger partial charge in [-0.05, 0) is 29.8 Å². The molecule has 0 atom stereocenters. The molecule has 1 aromatic heterocycles. The largest absolute Gasteiger partial charge is 0.322 e. The lowest BCUT2D eigenvalue weighted by atomic mass is 10.1. The van der Waals surface area contributed by atoms with E-state index in [9.17, 15) is 0 Å². The number of hydrogen-bond acceptors (Lipinski definition) is 2. The minimum Gasteiger partial charge on any atom is -0.322 e. The summed E-state index contributed by atoms with van der Waals surface area (Å²) in [4.78, 5) is 1.27. The van der Waals surface area contributed by atoms with Gasteiger partial charge in [0.1, 0.15) is 0 Å². The molecule has 0 aliphatic carbocycles. The smallest absolute Gasteiger partial charge is 0.162 e. The Morgan fingerprint density at radius 1 is 0.909 bits per heavy atom. The second-order valence-electron chi connectivity index (χ2n) is 5.28. The summed E-state index contributed by atoms with van der Waals surface area (Å²) in [5.74, 6) is 0. The SMILES string of the molecule is CCCCn1c(-c2ccccc2)c(-c2ccccc2)sc1=S. The fourth-order valence-electron chi connectivity index (χ4n) is 2.59. The molecule has 0 saturated carbocycles. The first-order chi connectivity index (χ1) is 10.8. The lowest BCUT2D eigenvalue weighted by Crippen LogP contribution is -2.00. The van der Waals surface area contributed by atoms with Crippen LogP contribution in [0.4, 0.5) is 0 Å². The molecule has 0 spiro atoms. The molecule has 3 heteroatoms. The highest BCUT2D eigenvalue weighted by Crippen LogP contribution is 2.38. The van der Waals surface area contributed by atoms with Gasteiger partial charge in [-0.25, -0.2) is 0 Å². The Kier molecular flexibility index (Phi) is 4.86. The fourth-order valence-corrected chi connectivity index (χ4v) is 4.07. The highest BCUT2D eigenvalue weighted by molar-refractivity contribution is 7.73. The van der Waals surface area contributed by atoms with E-state index in [4.69, 9.17) is 12.2 Å². The van der Waals surface area contributed by atoms with Crippen molar-refractivity contribution < 1.29 is 0 Å². The van der Waals surface area contributed by atoms with Crippen LogP contribution in [0.2, 0.25) is 0 Å². The zero-order valence-corrected chi connectivity index (χ0v) is 14.3. The van der Waals surface area contributed by atoms with Crippen LogP contribution in [-0.2, 0) is 6.54 Å². The van der Waals surface area contributed by atoms with Gasteiger partial charge in [0.2, 0.25) is 0 Å². The molecule has 0 N–H and O–H groups in total. The Morgan fingerprint density at radius 2 is 1.50 bits per heavy atom. The van der Waals surface area contributed by atoms with E-state index in [1.165, 1.54) is 28.1 Å². The Bertz CT molecular complexity index is 785. The fraction of sp³-hybridized carbons (Fsp3) is 0.211. The molecule has 0 amide bonds. The minimum absolute atomic E-state index is 0.964. The zero-order chi connectivity index (χ0) is 15.4. The van der Waals surface area contributed by atoms with Crippen LogP contribution in [0.25, 0.3) is 21.7 Å². The van der Waals surface area contributed by atoms with Gasteiger partial charge in [-0.2, -0.15) is 0 Å². The zero-order valence-electron chi connectivity index (χ0n) is 12.7. The molecule has 22 heavy (non-hydrogen) atoms. The van der Waals surface area contributed by atoms with Crippen LogP contribution in [0, 0.1) is 3.95 Å². The van der Waals surface area contributed by atoms with Crippen molar-refractivity contribution in [3.05, 3.63) is 64.6 Å². The van der Waals surface area contributed by atoms with Crippen molar-refractivity contribution in [3.63, 3.8) is 0 Å². The third kappa shape index (κ3) is 3.06. The van der Waals surface area contributed by atoms with Gasteiger partial charge in [0.05, 0.1) is 10.6 Å². The van der Waals surface area contributed by atoms with E-state index in [1.54, 1.807) is 11.3 Å². The predicted octanol–water partition coefficient (Wildman–Crippen LogP) is 6.41. The Morgan fingerprint density at radius 3 is 2.09 bits per heavy atom. The van der Waals surface area contributed by atoms with Gasteiger partial charge in [-0.3, -0.25) is 0 Å². The van der Waals surface area contributed by atoms with Crippen LogP contribution in [0.5, 0.6) is 0 Å². The average Bonchev–Trinajstić information content (AvgIpc) is 2.91. The van der Waals surface area contributed by atoms with Gasteiger partial charge < -0.3 is 4.57 Å². The summed E-state index contributed by atoms with van der Waals surface area (Å²) in [6.45, 7) is 3.21. The van der Waals surface area contributed by atoms with Crippen LogP contribution < -0.4 is 0 Å². The van der Waals surface area contributed by atoms with Crippen molar-refractivity contribution in [2.75, 3.05) is 0 Å². The predicted molar refractivity (Wildman–Crippen MR) is 98.9 cm³/mol. The number of hydrogen-bond donors (Lipinski definition) is 0. The second-order valence-corrected chi connectivity index (χ2v) is 6.93. The normalized spacial score (nSPS) is 10.8. The molecule has 112 valence electrons. The summed E-state index contributed by atoms with van der Waals surface area (Å²) in [6.07, 6.45) is 2.33. The van der Waals surface area contributed by atoms with Crippen molar-refractivity contribution in [3.8, 4) is 21.7 Å². The molecule has 2 aromatic carbocycles. The molecular weight excluding hydrogens is 306 g/mol. The Labute approximate surface area is 140 Å². The first-order valence-corrected chi connectivity index (χ1v) is 8.88. The maximum absolute atomic E-state index is 5.66. The molecule has 0 aliphatic heterocycles. The lowest BCUT2D eigenvalue weighted by molar-refractivity contribution is 0.637. The highest BCUT2D eigenvalue weighted by Gasteiger charge is 2.15. The average molecular weight is 326 g/mol. The van der Waals surface area contributed by atoms with Crippen LogP contribution in [0.1, 0.15) is 19.8 Å². The number of unbranched alkanes of at least 4 members (excludes halogenated alkanes) is 1. The Hall–Kier alpha value is -1.71. The standard InChI is InChI=1S/C19H19NS2/c1-2-3-14-20-17(15-10-6-4-7-11-15)18(22-19(20)21)16-12-8-5-9-13-16/h4-13H,2-3,14H2,1H3. The van der Waals surface area contributed by atoms with Gasteiger partial charge in [0.15, 0.2) is 3.95 Å². The van der Waals surface area contributed by atoms with Gasteiger partial charge >= 0.3 is 0 Å². The van der Waals surface area contributed by atoms with E-state index in [2.05, 4.69) is 72.2 Å². The molecule has 0 saturated heterocycles. The third-order valence-electron chi connectivity index (χ3n) is 3.71. The van der Waals surface area contributed by atoms with E-state index in [-0.39, 0.29) is 0 Å². The quantitative estimate of drug-likeness (QED) is 0.490. The number of aromatic nitrogens is 1. The van der Waals surface area contributed by atoms with E-state index in [1.807, 2.05) is 0 Å². The van der Waals surface area contributed by atoms with E-state index in [0.717, 1.165) is 16.9 Å². The maximum Gasteiger partial charge on any atom is 0.162 e. The summed E-state index contributed by atoms with van der Waals surface area (Å²) in [6, 6.07) is 21.1. The van der Waals surface area contributed by atoms with Crippen LogP contribution in [-0.4, -0.2) is 4.57 Å².